The van der Waals surface area contributed by atoms with Gasteiger partial charge < -0.3 is 24.4 Å². The van der Waals surface area contributed by atoms with E-state index in [4.69, 9.17) is 14.2 Å². The van der Waals surface area contributed by atoms with Crippen LogP contribution in [0.2, 0.25) is 0 Å². The number of nitrogens with one attached hydrogen (secondary N) is 1. The van der Waals surface area contributed by atoms with Crippen LogP contribution in [0.1, 0.15) is 36.5 Å². The molecule has 9 nitrogen and oxygen atoms in total. The summed E-state index contributed by atoms with van der Waals surface area (Å²) in [5, 5.41) is 5.43. The van der Waals surface area contributed by atoms with Crippen LogP contribution in [-0.2, 0) is 46.6 Å². The smallest absolute Gasteiger partial charge is 0.330 e. The van der Waals surface area contributed by atoms with E-state index in [1.165, 1.54) is 35.1 Å². The number of rotatable bonds is 10. The number of thioether (sulfide) groups is 1. The SMILES string of the molecule is CO[C@@]1(NC(=O)C(C(=O)OCc2ccccc2)c2ccsc2)C(=O)N2[C@@H](C(=O)OCc3ccccc3)C(C)(C)S[C@@H]21. The summed E-state index contributed by atoms with van der Waals surface area (Å²) in [6, 6.07) is 19.2. The average Bonchev–Trinajstić information content (AvgIpc) is 3.59. The normalized spacial score (nSPS) is 23.2. The van der Waals surface area contributed by atoms with Crippen molar-refractivity contribution in [2.45, 2.75) is 54.9 Å². The van der Waals surface area contributed by atoms with E-state index >= 15 is 0 Å². The molecule has 2 aliphatic rings. The Bertz CT molecular complexity index is 1420. The minimum Gasteiger partial charge on any atom is -0.460 e. The largest absolute Gasteiger partial charge is 0.460 e. The first-order valence-corrected chi connectivity index (χ1v) is 14.8. The number of esters is 2. The number of thiophene rings is 1. The van der Waals surface area contributed by atoms with Crippen molar-refractivity contribution >= 4 is 46.9 Å². The fraction of sp³-hybridized carbons (Fsp3) is 0.333. The number of carbonyl (C=O) groups is 4. The second kappa shape index (κ2) is 11.7. The lowest BCUT2D eigenvalue weighted by molar-refractivity contribution is -0.202. The topological polar surface area (TPSA) is 111 Å². The van der Waals surface area contributed by atoms with Gasteiger partial charge in [0, 0.05) is 11.9 Å². The van der Waals surface area contributed by atoms with Gasteiger partial charge in [-0.05, 0) is 47.4 Å². The van der Waals surface area contributed by atoms with Crippen LogP contribution in [0.5, 0.6) is 0 Å². The molecular weight excluding hydrogens is 564 g/mol. The fourth-order valence-electron chi connectivity index (χ4n) is 5.07. The Hall–Kier alpha value is -3.67. The number of ether oxygens (including phenoxy) is 3. The minimum atomic E-state index is -1.76. The number of β-lactam (4-membered cyclic amide) rings is 1. The number of methoxy groups -OCH3 is 1. The summed E-state index contributed by atoms with van der Waals surface area (Å²) in [6.45, 7) is 3.75. The zero-order valence-corrected chi connectivity index (χ0v) is 24.4. The highest BCUT2D eigenvalue weighted by atomic mass is 32.2. The highest BCUT2D eigenvalue weighted by Crippen LogP contribution is 2.55. The highest BCUT2D eigenvalue weighted by Gasteiger charge is 2.73. The summed E-state index contributed by atoms with van der Waals surface area (Å²) in [7, 11) is 1.32. The van der Waals surface area contributed by atoms with E-state index < -0.39 is 51.6 Å². The first-order valence-electron chi connectivity index (χ1n) is 13.0. The molecule has 214 valence electrons. The van der Waals surface area contributed by atoms with Gasteiger partial charge in [0.1, 0.15) is 24.6 Å². The lowest BCUT2D eigenvalue weighted by Gasteiger charge is -2.51. The zero-order chi connectivity index (χ0) is 29.2. The Morgan fingerprint density at radius 1 is 0.951 bits per heavy atom. The van der Waals surface area contributed by atoms with Gasteiger partial charge in [-0.25, -0.2) is 4.79 Å². The maximum Gasteiger partial charge on any atom is 0.330 e. The van der Waals surface area contributed by atoms with E-state index in [9.17, 15) is 19.2 Å². The average molecular weight is 595 g/mol. The van der Waals surface area contributed by atoms with E-state index in [0.29, 0.717) is 5.56 Å². The van der Waals surface area contributed by atoms with Crippen molar-refractivity contribution in [2.75, 3.05) is 7.11 Å². The summed E-state index contributed by atoms with van der Waals surface area (Å²) in [5.74, 6) is -3.92. The number of amides is 2. The summed E-state index contributed by atoms with van der Waals surface area (Å²) in [5.41, 5.74) is 0.287. The zero-order valence-electron chi connectivity index (χ0n) is 22.8. The van der Waals surface area contributed by atoms with Gasteiger partial charge in [0.15, 0.2) is 5.92 Å². The molecule has 5 rings (SSSR count). The van der Waals surface area contributed by atoms with Crippen LogP contribution in [0.3, 0.4) is 0 Å². The fourth-order valence-corrected chi connectivity index (χ4v) is 7.43. The van der Waals surface area contributed by atoms with Gasteiger partial charge in [-0.15, -0.1) is 11.8 Å². The highest BCUT2D eigenvalue weighted by molar-refractivity contribution is 8.01. The Morgan fingerprint density at radius 2 is 1.56 bits per heavy atom. The van der Waals surface area contributed by atoms with Crippen molar-refractivity contribution in [3.05, 3.63) is 94.2 Å². The molecule has 0 bridgehead atoms. The molecule has 2 aromatic carbocycles. The van der Waals surface area contributed by atoms with Crippen molar-refractivity contribution in [2.24, 2.45) is 0 Å². The van der Waals surface area contributed by atoms with E-state index in [1.807, 2.05) is 74.5 Å². The molecule has 11 heteroatoms. The number of hydrogen-bond acceptors (Lipinski definition) is 9. The van der Waals surface area contributed by atoms with Crippen LogP contribution >= 0.6 is 23.1 Å². The number of hydrogen-bond donors (Lipinski definition) is 1. The molecule has 2 saturated heterocycles. The maximum atomic E-state index is 13.7. The Kier molecular flexibility index (Phi) is 8.21. The van der Waals surface area contributed by atoms with Crippen LogP contribution in [0, 0.1) is 0 Å². The van der Waals surface area contributed by atoms with Gasteiger partial charge in [-0.1, -0.05) is 60.7 Å². The molecule has 3 aromatic rings. The molecule has 1 aromatic heterocycles. The molecule has 2 fully saturated rings. The summed E-state index contributed by atoms with van der Waals surface area (Å²) in [6.07, 6.45) is 0. The van der Waals surface area contributed by atoms with Gasteiger partial charge in [-0.3, -0.25) is 14.4 Å². The number of benzene rings is 2. The first-order chi connectivity index (χ1) is 19.7. The molecule has 0 aliphatic carbocycles. The van der Waals surface area contributed by atoms with Crippen LogP contribution in [0.4, 0.5) is 0 Å². The maximum absolute atomic E-state index is 13.7. The summed E-state index contributed by atoms with van der Waals surface area (Å²) in [4.78, 5) is 55.1. The van der Waals surface area contributed by atoms with Crippen molar-refractivity contribution < 1.29 is 33.4 Å². The molecule has 0 spiro atoms. The summed E-state index contributed by atoms with van der Waals surface area (Å²) < 4.78 is 16.0. The van der Waals surface area contributed by atoms with Crippen LogP contribution in [-0.4, -0.2) is 57.7 Å². The van der Waals surface area contributed by atoms with E-state index in [-0.39, 0.29) is 13.2 Å². The van der Waals surface area contributed by atoms with Crippen molar-refractivity contribution in [1.82, 2.24) is 10.2 Å². The molecule has 2 aliphatic heterocycles. The molecule has 3 heterocycles. The lowest BCUT2D eigenvalue weighted by atomic mass is 9.92. The number of nitrogens with zero attached hydrogens (tertiary/aromatic N) is 1. The molecule has 41 heavy (non-hydrogen) atoms. The number of fused-ring (bicyclic) bond motifs is 1. The van der Waals surface area contributed by atoms with Crippen LogP contribution in [0.15, 0.2) is 77.5 Å². The Labute approximate surface area is 246 Å². The minimum absolute atomic E-state index is 0.00480. The van der Waals surface area contributed by atoms with E-state index in [2.05, 4.69) is 5.32 Å². The van der Waals surface area contributed by atoms with Gasteiger partial charge in [-0.2, -0.15) is 11.3 Å². The van der Waals surface area contributed by atoms with E-state index in [0.717, 1.165) is 11.1 Å². The predicted octanol–water partition coefficient (Wildman–Crippen LogP) is 3.84. The third-order valence-corrected chi connectivity index (χ3v) is 9.50. The molecule has 2 amide bonds. The molecule has 1 unspecified atom stereocenters. The summed E-state index contributed by atoms with van der Waals surface area (Å²) >= 11 is 2.66. The van der Waals surface area contributed by atoms with Crippen molar-refractivity contribution in [3.8, 4) is 0 Å². The predicted molar refractivity (Wildman–Crippen MR) is 154 cm³/mol. The third-order valence-electron chi connectivity index (χ3n) is 7.18. The van der Waals surface area contributed by atoms with Gasteiger partial charge >= 0.3 is 11.9 Å². The molecule has 0 saturated carbocycles. The quantitative estimate of drug-likeness (QED) is 0.163. The van der Waals surface area contributed by atoms with E-state index in [1.54, 1.807) is 16.8 Å². The monoisotopic (exact) mass is 594 g/mol. The standard InChI is InChI=1S/C30H30N2O7S2/c1-29(2)23(26(35)39-17-20-12-8-5-9-13-20)32-27(36)30(37-3,28(32)41-29)31-24(33)22(21-14-15-40-18-21)25(34)38-16-19-10-6-4-7-11-19/h4-15,18,22-23,28H,16-17H2,1-3H3,(H,31,33)/t22?,23-,28+,30-/m0/s1. The Morgan fingerprint density at radius 3 is 2.12 bits per heavy atom. The van der Waals surface area contributed by atoms with Gasteiger partial charge in [0.25, 0.3) is 11.6 Å². The molecule has 0 radical (unpaired) electrons. The second-order valence-electron chi connectivity index (χ2n) is 10.3. The lowest BCUT2D eigenvalue weighted by Crippen LogP contribution is -2.80. The molecule has 4 atom stereocenters. The van der Waals surface area contributed by atoms with Crippen LogP contribution < -0.4 is 5.32 Å². The number of carbonyl (C=O) groups excluding carboxylic acids is 4. The van der Waals surface area contributed by atoms with Crippen molar-refractivity contribution in [1.29, 1.82) is 0 Å². The third kappa shape index (κ3) is 5.49. The van der Waals surface area contributed by atoms with Gasteiger partial charge in [0.2, 0.25) is 5.91 Å². The van der Waals surface area contributed by atoms with Crippen molar-refractivity contribution in [3.63, 3.8) is 0 Å². The Balaban J connectivity index is 1.32. The molecule has 1 N–H and O–H groups in total. The second-order valence-corrected chi connectivity index (χ2v) is 12.8. The van der Waals surface area contributed by atoms with Gasteiger partial charge in [0.05, 0.1) is 0 Å². The van der Waals surface area contributed by atoms with Crippen LogP contribution in [0.25, 0.3) is 0 Å². The molecular formula is C30H30N2O7S2. The first kappa shape index (κ1) is 28.8.